The number of imidazole rings is 1. The van der Waals surface area contributed by atoms with Crippen LogP contribution in [0.15, 0.2) is 42.7 Å². The van der Waals surface area contributed by atoms with Crippen molar-refractivity contribution in [2.75, 3.05) is 12.8 Å². The van der Waals surface area contributed by atoms with Crippen molar-refractivity contribution >= 4 is 28.3 Å². The fourth-order valence-electron chi connectivity index (χ4n) is 2.26. The molecule has 0 saturated carbocycles. The molecule has 4 nitrogen and oxygen atoms in total. The lowest BCUT2D eigenvalue weighted by molar-refractivity contribution is 0.408. The highest BCUT2D eigenvalue weighted by Crippen LogP contribution is 2.28. The summed E-state index contributed by atoms with van der Waals surface area (Å²) in [5.74, 6) is 0.773. The summed E-state index contributed by atoms with van der Waals surface area (Å²) in [6.07, 6.45) is 1.78. The zero-order valence-corrected chi connectivity index (χ0v) is 11.8. The second kappa shape index (κ2) is 5.06. The SMILES string of the molecule is COc1cccc(Cl)c1Cn1cnc2cc(N)ccc21. The summed E-state index contributed by atoms with van der Waals surface area (Å²) < 4.78 is 7.39. The Kier molecular flexibility index (Phi) is 3.24. The first-order valence-corrected chi connectivity index (χ1v) is 6.58. The first kappa shape index (κ1) is 12.8. The molecule has 1 heterocycles. The number of aromatic nitrogens is 2. The third kappa shape index (κ3) is 2.18. The number of nitrogens with zero attached hydrogens (tertiary/aromatic N) is 2. The van der Waals surface area contributed by atoms with Crippen LogP contribution in [0.4, 0.5) is 5.69 Å². The maximum absolute atomic E-state index is 6.27. The van der Waals surface area contributed by atoms with E-state index >= 15 is 0 Å². The van der Waals surface area contributed by atoms with Crippen LogP contribution in [0.5, 0.6) is 5.75 Å². The molecule has 0 amide bonds. The minimum absolute atomic E-state index is 0.600. The first-order chi connectivity index (χ1) is 9.69. The van der Waals surface area contributed by atoms with Gasteiger partial charge in [0, 0.05) is 16.3 Å². The van der Waals surface area contributed by atoms with E-state index in [2.05, 4.69) is 4.98 Å². The Morgan fingerprint density at radius 2 is 2.15 bits per heavy atom. The van der Waals surface area contributed by atoms with Gasteiger partial charge >= 0.3 is 0 Å². The lowest BCUT2D eigenvalue weighted by atomic mass is 10.2. The van der Waals surface area contributed by atoms with Gasteiger partial charge in [-0.3, -0.25) is 0 Å². The third-order valence-electron chi connectivity index (χ3n) is 3.27. The fraction of sp³-hybridized carbons (Fsp3) is 0.133. The molecule has 2 aromatic carbocycles. The van der Waals surface area contributed by atoms with E-state index in [4.69, 9.17) is 22.1 Å². The molecule has 0 radical (unpaired) electrons. The van der Waals surface area contributed by atoms with Crippen LogP contribution in [0.2, 0.25) is 5.02 Å². The van der Waals surface area contributed by atoms with Gasteiger partial charge in [0.2, 0.25) is 0 Å². The number of benzene rings is 2. The molecule has 0 aliphatic heterocycles. The molecule has 0 spiro atoms. The van der Waals surface area contributed by atoms with E-state index in [1.807, 2.05) is 41.0 Å². The normalized spacial score (nSPS) is 10.9. The number of fused-ring (bicyclic) bond motifs is 1. The topological polar surface area (TPSA) is 53.1 Å². The average Bonchev–Trinajstić information content (AvgIpc) is 2.83. The summed E-state index contributed by atoms with van der Waals surface area (Å²) in [6.45, 7) is 0.600. The standard InChI is InChI=1S/C15H14ClN3O/c1-20-15-4-2-3-12(16)11(15)8-19-9-18-13-7-10(17)5-6-14(13)19/h2-7,9H,8,17H2,1H3. The molecule has 5 heteroatoms. The summed E-state index contributed by atoms with van der Waals surface area (Å²) in [7, 11) is 1.64. The van der Waals surface area contributed by atoms with Gasteiger partial charge in [-0.05, 0) is 30.3 Å². The number of methoxy groups -OCH3 is 1. The first-order valence-electron chi connectivity index (χ1n) is 6.21. The Balaban J connectivity index is 2.06. The number of halogens is 1. The minimum Gasteiger partial charge on any atom is -0.496 e. The van der Waals surface area contributed by atoms with Crippen LogP contribution in [0, 0.1) is 0 Å². The summed E-state index contributed by atoms with van der Waals surface area (Å²) in [6, 6.07) is 11.3. The Bertz CT molecular complexity index is 767. The van der Waals surface area contributed by atoms with Crippen molar-refractivity contribution in [1.29, 1.82) is 0 Å². The van der Waals surface area contributed by atoms with Gasteiger partial charge in [0.05, 0.1) is 31.0 Å². The van der Waals surface area contributed by atoms with Crippen LogP contribution in [0.3, 0.4) is 0 Å². The maximum atomic E-state index is 6.27. The van der Waals surface area contributed by atoms with Gasteiger partial charge in [-0.1, -0.05) is 17.7 Å². The largest absolute Gasteiger partial charge is 0.496 e. The summed E-state index contributed by atoms with van der Waals surface area (Å²) in [5, 5.41) is 0.682. The van der Waals surface area contributed by atoms with Crippen molar-refractivity contribution in [3.63, 3.8) is 0 Å². The van der Waals surface area contributed by atoms with Gasteiger partial charge in [0.1, 0.15) is 5.75 Å². The molecule has 0 fully saturated rings. The molecule has 0 atom stereocenters. The second-order valence-electron chi connectivity index (χ2n) is 4.54. The predicted molar refractivity (Wildman–Crippen MR) is 81.3 cm³/mol. The summed E-state index contributed by atoms with van der Waals surface area (Å²) in [4.78, 5) is 4.36. The Morgan fingerprint density at radius 1 is 1.30 bits per heavy atom. The molecule has 0 aliphatic rings. The number of rotatable bonds is 3. The van der Waals surface area contributed by atoms with Crippen molar-refractivity contribution in [1.82, 2.24) is 9.55 Å². The van der Waals surface area contributed by atoms with Crippen LogP contribution in [0.1, 0.15) is 5.56 Å². The van der Waals surface area contributed by atoms with E-state index in [9.17, 15) is 0 Å². The smallest absolute Gasteiger partial charge is 0.125 e. The fourth-order valence-corrected chi connectivity index (χ4v) is 2.49. The highest BCUT2D eigenvalue weighted by Gasteiger charge is 2.10. The molecule has 0 unspecified atom stereocenters. The Hall–Kier alpha value is -2.20. The highest BCUT2D eigenvalue weighted by molar-refractivity contribution is 6.31. The molecule has 3 rings (SSSR count). The van der Waals surface area contributed by atoms with E-state index in [0.29, 0.717) is 17.3 Å². The van der Waals surface area contributed by atoms with Crippen LogP contribution < -0.4 is 10.5 Å². The second-order valence-corrected chi connectivity index (χ2v) is 4.95. The molecule has 3 aromatic rings. The highest BCUT2D eigenvalue weighted by atomic mass is 35.5. The van der Waals surface area contributed by atoms with Crippen molar-refractivity contribution in [3.05, 3.63) is 53.3 Å². The van der Waals surface area contributed by atoms with E-state index in [0.717, 1.165) is 22.3 Å². The van der Waals surface area contributed by atoms with Crippen molar-refractivity contribution < 1.29 is 4.74 Å². The zero-order chi connectivity index (χ0) is 14.1. The van der Waals surface area contributed by atoms with Crippen molar-refractivity contribution in [2.45, 2.75) is 6.54 Å². The number of ether oxygens (including phenoxy) is 1. The average molecular weight is 288 g/mol. The van der Waals surface area contributed by atoms with Crippen LogP contribution in [0.25, 0.3) is 11.0 Å². The monoisotopic (exact) mass is 287 g/mol. The van der Waals surface area contributed by atoms with Gasteiger partial charge in [-0.15, -0.1) is 0 Å². The lowest BCUT2D eigenvalue weighted by Gasteiger charge is -2.11. The molecule has 1 aromatic heterocycles. The zero-order valence-electron chi connectivity index (χ0n) is 11.0. The van der Waals surface area contributed by atoms with Crippen LogP contribution in [-0.4, -0.2) is 16.7 Å². The van der Waals surface area contributed by atoms with E-state index in [-0.39, 0.29) is 0 Å². The molecule has 0 aliphatic carbocycles. The van der Waals surface area contributed by atoms with Gasteiger partial charge in [0.15, 0.2) is 0 Å². The minimum atomic E-state index is 0.600. The molecule has 2 N–H and O–H groups in total. The number of nitrogen functional groups attached to an aromatic ring is 1. The van der Waals surface area contributed by atoms with E-state index < -0.39 is 0 Å². The van der Waals surface area contributed by atoms with Gasteiger partial charge in [-0.25, -0.2) is 4.98 Å². The molecule has 0 saturated heterocycles. The Labute approximate surface area is 121 Å². The third-order valence-corrected chi connectivity index (χ3v) is 3.62. The number of hydrogen-bond acceptors (Lipinski definition) is 3. The van der Waals surface area contributed by atoms with Crippen LogP contribution >= 0.6 is 11.6 Å². The van der Waals surface area contributed by atoms with E-state index in [1.54, 1.807) is 13.4 Å². The summed E-state index contributed by atoms with van der Waals surface area (Å²) in [5.41, 5.74) is 9.30. The molecule has 0 bridgehead atoms. The maximum Gasteiger partial charge on any atom is 0.125 e. The Morgan fingerprint density at radius 3 is 2.95 bits per heavy atom. The summed E-state index contributed by atoms with van der Waals surface area (Å²) >= 11 is 6.27. The van der Waals surface area contributed by atoms with Gasteiger partial charge < -0.3 is 15.0 Å². The quantitative estimate of drug-likeness (QED) is 0.752. The van der Waals surface area contributed by atoms with Gasteiger partial charge in [-0.2, -0.15) is 0 Å². The molecular weight excluding hydrogens is 274 g/mol. The van der Waals surface area contributed by atoms with Crippen LogP contribution in [-0.2, 0) is 6.54 Å². The number of anilines is 1. The predicted octanol–water partition coefficient (Wildman–Crippen LogP) is 3.33. The van der Waals surface area contributed by atoms with Crippen molar-refractivity contribution in [3.8, 4) is 5.75 Å². The number of hydrogen-bond donors (Lipinski definition) is 1. The molecular formula is C15H14ClN3O. The van der Waals surface area contributed by atoms with Gasteiger partial charge in [0.25, 0.3) is 0 Å². The molecule has 20 heavy (non-hydrogen) atoms. The number of nitrogens with two attached hydrogens (primary N) is 1. The lowest BCUT2D eigenvalue weighted by Crippen LogP contribution is -2.01. The van der Waals surface area contributed by atoms with E-state index in [1.165, 1.54) is 0 Å². The molecule has 102 valence electrons. The van der Waals surface area contributed by atoms with Crippen molar-refractivity contribution in [2.24, 2.45) is 0 Å².